The van der Waals surface area contributed by atoms with Crippen LogP contribution >= 0.6 is 0 Å². The van der Waals surface area contributed by atoms with Gasteiger partial charge in [-0.05, 0) is 17.2 Å². The highest BCUT2D eigenvalue weighted by Gasteiger charge is 2.04. The molecule has 2 aromatic rings. The fourth-order valence-electron chi connectivity index (χ4n) is 1.55. The second-order valence-electron chi connectivity index (χ2n) is 3.27. The van der Waals surface area contributed by atoms with Gasteiger partial charge in [-0.15, -0.1) is 0 Å². The van der Waals surface area contributed by atoms with E-state index in [4.69, 9.17) is 0 Å². The molecular formula is C12H12N2. The molecule has 0 aliphatic rings. The number of hydrogen-bond donors (Lipinski definition) is 0. The molecule has 1 aromatic heterocycles. The topological polar surface area (TPSA) is 17.8 Å². The minimum atomic E-state index is 0.934. The third-order valence-corrected chi connectivity index (χ3v) is 2.26. The van der Waals surface area contributed by atoms with Crippen molar-refractivity contribution in [3.8, 4) is 0 Å². The number of benzene rings is 1. The van der Waals surface area contributed by atoms with Crippen LogP contribution in [-0.4, -0.2) is 9.78 Å². The van der Waals surface area contributed by atoms with Crippen LogP contribution in [0.4, 0.5) is 0 Å². The second-order valence-corrected chi connectivity index (χ2v) is 3.27. The van der Waals surface area contributed by atoms with Gasteiger partial charge in [-0.25, -0.2) is 0 Å². The van der Waals surface area contributed by atoms with Crippen LogP contribution in [0, 0.1) is 0 Å². The van der Waals surface area contributed by atoms with Crippen LogP contribution in [0.1, 0.15) is 5.56 Å². The summed E-state index contributed by atoms with van der Waals surface area (Å²) in [4.78, 5) is 0. The molecule has 0 aliphatic heterocycles. The first-order valence-corrected chi connectivity index (χ1v) is 4.46. The van der Waals surface area contributed by atoms with Crippen molar-refractivity contribution < 1.29 is 0 Å². The van der Waals surface area contributed by atoms with Crippen LogP contribution in [0.5, 0.6) is 0 Å². The van der Waals surface area contributed by atoms with E-state index >= 15 is 0 Å². The smallest absolute Gasteiger partial charge is 0.0929 e. The monoisotopic (exact) mass is 184 g/mol. The van der Waals surface area contributed by atoms with Crippen LogP contribution < -0.4 is 0 Å². The lowest BCUT2D eigenvalue weighted by atomic mass is 10.0. The molecule has 0 saturated heterocycles. The molecule has 0 atom stereocenters. The normalized spacial score (nSPS) is 10.4. The molecule has 2 rings (SSSR count). The van der Waals surface area contributed by atoms with E-state index < -0.39 is 0 Å². The molecule has 0 fully saturated rings. The molecule has 0 bridgehead atoms. The molecule has 0 saturated carbocycles. The Morgan fingerprint density at radius 2 is 2.29 bits per heavy atom. The van der Waals surface area contributed by atoms with Gasteiger partial charge in [0.25, 0.3) is 0 Å². The van der Waals surface area contributed by atoms with Gasteiger partial charge in [0, 0.05) is 18.6 Å². The molecule has 14 heavy (non-hydrogen) atoms. The Kier molecular flexibility index (Phi) is 1.97. The van der Waals surface area contributed by atoms with E-state index in [0.29, 0.717) is 0 Å². The summed E-state index contributed by atoms with van der Waals surface area (Å²) in [6.07, 6.45) is 3.76. The third kappa shape index (κ3) is 1.25. The summed E-state index contributed by atoms with van der Waals surface area (Å²) < 4.78 is 1.81. The fourth-order valence-corrected chi connectivity index (χ4v) is 1.55. The van der Waals surface area contributed by atoms with Crippen LogP contribution in [0.25, 0.3) is 16.5 Å². The minimum Gasteiger partial charge on any atom is -0.275 e. The summed E-state index contributed by atoms with van der Waals surface area (Å²) in [5.74, 6) is 0. The summed E-state index contributed by atoms with van der Waals surface area (Å²) >= 11 is 0. The number of rotatable bonds is 2. The van der Waals surface area contributed by atoms with Gasteiger partial charge < -0.3 is 0 Å². The predicted molar refractivity (Wildman–Crippen MR) is 59.9 cm³/mol. The number of aryl methyl sites for hydroxylation is 1. The van der Waals surface area contributed by atoms with Gasteiger partial charge in [0.05, 0.1) is 5.52 Å². The van der Waals surface area contributed by atoms with E-state index in [1.165, 1.54) is 0 Å². The van der Waals surface area contributed by atoms with E-state index in [0.717, 1.165) is 22.0 Å². The lowest BCUT2D eigenvalue weighted by Gasteiger charge is -2.00. The maximum Gasteiger partial charge on any atom is 0.0929 e. The van der Waals surface area contributed by atoms with E-state index in [1.807, 2.05) is 36.1 Å². The lowest BCUT2D eigenvalue weighted by Crippen LogP contribution is -1.84. The van der Waals surface area contributed by atoms with Gasteiger partial charge in [-0.2, -0.15) is 5.10 Å². The number of nitrogens with zero attached hydrogens (tertiary/aromatic N) is 2. The first-order chi connectivity index (χ1) is 6.72. The molecule has 2 heteroatoms. The summed E-state index contributed by atoms with van der Waals surface area (Å²) in [6, 6.07) is 6.02. The van der Waals surface area contributed by atoms with Gasteiger partial charge in [-0.1, -0.05) is 31.4 Å². The number of allylic oxidation sites excluding steroid dienone is 2. The Morgan fingerprint density at radius 1 is 1.50 bits per heavy atom. The van der Waals surface area contributed by atoms with Crippen molar-refractivity contribution in [1.82, 2.24) is 9.78 Å². The molecule has 0 amide bonds. The molecule has 0 radical (unpaired) electrons. The van der Waals surface area contributed by atoms with Crippen LogP contribution in [-0.2, 0) is 7.05 Å². The summed E-state index contributed by atoms with van der Waals surface area (Å²) in [6.45, 7) is 7.67. The van der Waals surface area contributed by atoms with Crippen molar-refractivity contribution in [2.45, 2.75) is 0 Å². The lowest BCUT2D eigenvalue weighted by molar-refractivity contribution is 0.780. The standard InChI is InChI=1S/C12H12N2/c1-4-9(2)10-6-5-7-12-11(10)8-14(3)13-12/h4-8H,1-2H2,3H3. The average molecular weight is 184 g/mol. The van der Waals surface area contributed by atoms with Crippen molar-refractivity contribution in [1.29, 1.82) is 0 Å². The Balaban J connectivity index is 2.76. The molecular weight excluding hydrogens is 172 g/mol. The van der Waals surface area contributed by atoms with Crippen molar-refractivity contribution in [2.24, 2.45) is 7.05 Å². The van der Waals surface area contributed by atoms with E-state index in [-0.39, 0.29) is 0 Å². The van der Waals surface area contributed by atoms with Crippen molar-refractivity contribution in [3.63, 3.8) is 0 Å². The van der Waals surface area contributed by atoms with Crippen molar-refractivity contribution >= 4 is 16.5 Å². The minimum absolute atomic E-state index is 0.934. The highest BCUT2D eigenvalue weighted by molar-refractivity contribution is 5.93. The quantitative estimate of drug-likeness (QED) is 0.656. The molecule has 0 aliphatic carbocycles. The molecule has 1 aromatic carbocycles. The Morgan fingerprint density at radius 3 is 3.00 bits per heavy atom. The second kappa shape index (κ2) is 3.14. The van der Waals surface area contributed by atoms with Crippen LogP contribution in [0.15, 0.2) is 43.6 Å². The largest absolute Gasteiger partial charge is 0.275 e. The van der Waals surface area contributed by atoms with Gasteiger partial charge in [0.1, 0.15) is 0 Å². The van der Waals surface area contributed by atoms with Crippen LogP contribution in [0.2, 0.25) is 0 Å². The summed E-state index contributed by atoms with van der Waals surface area (Å²) in [7, 11) is 1.92. The Bertz CT molecular complexity index is 506. The first kappa shape index (κ1) is 8.75. The van der Waals surface area contributed by atoms with Gasteiger partial charge in [-0.3, -0.25) is 4.68 Å². The number of aromatic nitrogens is 2. The SMILES string of the molecule is C=CC(=C)c1cccc2nn(C)cc12. The average Bonchev–Trinajstić information content (AvgIpc) is 2.56. The maximum atomic E-state index is 4.33. The zero-order chi connectivity index (χ0) is 10.1. The zero-order valence-corrected chi connectivity index (χ0v) is 8.20. The molecule has 70 valence electrons. The van der Waals surface area contributed by atoms with Crippen molar-refractivity contribution in [2.75, 3.05) is 0 Å². The molecule has 2 nitrogen and oxygen atoms in total. The van der Waals surface area contributed by atoms with E-state index in [9.17, 15) is 0 Å². The van der Waals surface area contributed by atoms with E-state index in [2.05, 4.69) is 18.3 Å². The Hall–Kier alpha value is -1.83. The zero-order valence-electron chi connectivity index (χ0n) is 8.20. The molecule has 0 spiro atoms. The Labute approximate surface area is 83.2 Å². The molecule has 1 heterocycles. The highest BCUT2D eigenvalue weighted by atomic mass is 15.2. The van der Waals surface area contributed by atoms with Crippen LogP contribution in [0.3, 0.4) is 0 Å². The molecule has 0 N–H and O–H groups in total. The summed E-state index contributed by atoms with van der Waals surface area (Å²) in [5, 5.41) is 5.46. The fraction of sp³-hybridized carbons (Fsp3) is 0.0833. The van der Waals surface area contributed by atoms with Crippen molar-refractivity contribution in [3.05, 3.63) is 49.2 Å². The third-order valence-electron chi connectivity index (χ3n) is 2.26. The van der Waals surface area contributed by atoms with Gasteiger partial charge in [0.2, 0.25) is 0 Å². The summed E-state index contributed by atoms with van der Waals surface area (Å²) in [5.41, 5.74) is 3.03. The number of hydrogen-bond acceptors (Lipinski definition) is 1. The highest BCUT2D eigenvalue weighted by Crippen LogP contribution is 2.23. The number of fused-ring (bicyclic) bond motifs is 1. The van der Waals surface area contributed by atoms with Gasteiger partial charge >= 0.3 is 0 Å². The van der Waals surface area contributed by atoms with E-state index in [1.54, 1.807) is 6.08 Å². The van der Waals surface area contributed by atoms with Gasteiger partial charge in [0.15, 0.2) is 0 Å². The molecule has 0 unspecified atom stereocenters. The predicted octanol–water partition coefficient (Wildman–Crippen LogP) is 2.77. The maximum absolute atomic E-state index is 4.33. The first-order valence-electron chi connectivity index (χ1n) is 4.46.